The lowest BCUT2D eigenvalue weighted by atomic mass is 10.0. The number of hydrogen-bond donors (Lipinski definition) is 2. The summed E-state index contributed by atoms with van der Waals surface area (Å²) in [5.41, 5.74) is 15.1. The van der Waals surface area contributed by atoms with Crippen LogP contribution in [0.1, 0.15) is 22.8 Å². The molecule has 9 rings (SSSR count). The number of methoxy groups -OCH3 is 2. The zero-order valence-corrected chi connectivity index (χ0v) is 28.7. The van der Waals surface area contributed by atoms with Crippen molar-refractivity contribution in [2.45, 2.75) is 0 Å². The van der Waals surface area contributed by atoms with E-state index in [4.69, 9.17) is 19.4 Å². The Morgan fingerprint density at radius 3 is 1.17 bits per heavy atom. The fourth-order valence-corrected chi connectivity index (χ4v) is 7.22. The van der Waals surface area contributed by atoms with Gasteiger partial charge in [0, 0.05) is 49.9 Å². The maximum absolute atomic E-state index is 5.95. The summed E-state index contributed by atoms with van der Waals surface area (Å²) < 4.78 is 11.7. The Labute approximate surface area is 301 Å². The maximum Gasteiger partial charge on any atom is 0.127 e. The van der Waals surface area contributed by atoms with Gasteiger partial charge in [0.25, 0.3) is 0 Å². The van der Waals surface area contributed by atoms with E-state index in [2.05, 4.69) is 131 Å². The number of rotatable bonds is 6. The van der Waals surface area contributed by atoms with E-state index >= 15 is 0 Å². The Morgan fingerprint density at radius 1 is 0.404 bits per heavy atom. The molecule has 7 aromatic rings. The second-order valence-electron chi connectivity index (χ2n) is 12.7. The number of fused-ring (bicyclic) bond motifs is 8. The number of H-pyrrole nitrogens is 2. The molecule has 250 valence electrons. The minimum Gasteiger partial charge on any atom is -0.497 e. The average Bonchev–Trinajstić information content (AvgIpc) is 4.04. The molecule has 52 heavy (non-hydrogen) atoms. The van der Waals surface area contributed by atoms with Gasteiger partial charge in [-0.1, -0.05) is 91.0 Å². The molecule has 0 atom stereocenters. The summed E-state index contributed by atoms with van der Waals surface area (Å²) in [5.74, 6) is 1.44. The van der Waals surface area contributed by atoms with Gasteiger partial charge in [0.15, 0.2) is 0 Å². The lowest BCUT2D eigenvalue weighted by Crippen LogP contribution is -1.93. The summed E-state index contributed by atoms with van der Waals surface area (Å²) in [5, 5.41) is 0. The van der Waals surface area contributed by atoms with E-state index in [1.807, 2.05) is 36.4 Å². The quantitative estimate of drug-likeness (QED) is 0.184. The standard InChI is InChI=1S/C46H34N4O2/c1-51-32-18-27-42(52-2)33(28-32)46-40-25-23-38(49-40)44(30-14-8-4-9-15-30)36-21-19-34(47-36)43(29-12-6-3-7-13-29)35-20-22-37(48-35)45(31-16-10-5-11-17-31)39-24-26-41(46)50-39/h3-28,47,50H,1-2H3. The molecule has 0 aliphatic carbocycles. The number of aromatic nitrogens is 4. The summed E-state index contributed by atoms with van der Waals surface area (Å²) in [6.07, 6.45) is 8.42. The van der Waals surface area contributed by atoms with Crippen molar-refractivity contribution in [3.8, 4) is 56.0 Å². The highest BCUT2D eigenvalue weighted by atomic mass is 16.5. The largest absolute Gasteiger partial charge is 0.497 e. The van der Waals surface area contributed by atoms with Crippen molar-refractivity contribution in [3.63, 3.8) is 0 Å². The van der Waals surface area contributed by atoms with E-state index in [-0.39, 0.29) is 0 Å². The van der Waals surface area contributed by atoms with Crippen LogP contribution in [0.5, 0.6) is 11.5 Å². The summed E-state index contributed by atoms with van der Waals surface area (Å²) in [4.78, 5) is 18.3. The van der Waals surface area contributed by atoms with Crippen molar-refractivity contribution in [3.05, 3.63) is 156 Å². The van der Waals surface area contributed by atoms with Gasteiger partial charge in [0.05, 0.1) is 37.0 Å². The molecule has 6 heteroatoms. The minimum absolute atomic E-state index is 0.714. The smallest absolute Gasteiger partial charge is 0.127 e. The van der Waals surface area contributed by atoms with Gasteiger partial charge in [-0.15, -0.1) is 0 Å². The lowest BCUT2D eigenvalue weighted by Gasteiger charge is -2.12. The van der Waals surface area contributed by atoms with E-state index in [0.29, 0.717) is 5.75 Å². The van der Waals surface area contributed by atoms with E-state index in [1.165, 1.54) is 0 Å². The third kappa shape index (κ3) is 5.47. The van der Waals surface area contributed by atoms with Crippen molar-refractivity contribution >= 4 is 46.4 Å². The molecule has 5 heterocycles. The first-order chi connectivity index (χ1) is 25.7. The molecule has 8 bridgehead atoms. The van der Waals surface area contributed by atoms with Gasteiger partial charge in [0.1, 0.15) is 11.5 Å². The van der Waals surface area contributed by atoms with Gasteiger partial charge in [-0.2, -0.15) is 0 Å². The number of nitrogens with one attached hydrogen (secondary N) is 2. The van der Waals surface area contributed by atoms with Gasteiger partial charge in [-0.05, 0) is 83.5 Å². The SMILES string of the molecule is COc1ccc(OC)c(-c2c3nc(c(-c4ccccc4)c4ccc([nH]4)c(-c4ccccc4)c4nc(c(-c5ccccc5)c5ccc2[nH]5)C=C4)C=C3)c1. The second-order valence-corrected chi connectivity index (χ2v) is 12.7. The molecule has 3 aromatic heterocycles. The molecule has 6 nitrogen and oxygen atoms in total. The number of nitrogens with zero attached hydrogens (tertiary/aromatic N) is 2. The van der Waals surface area contributed by atoms with Crippen LogP contribution in [-0.4, -0.2) is 34.2 Å². The number of hydrogen-bond acceptors (Lipinski definition) is 4. The van der Waals surface area contributed by atoms with Gasteiger partial charge >= 0.3 is 0 Å². The molecule has 0 saturated carbocycles. The highest BCUT2D eigenvalue weighted by molar-refractivity contribution is 6.00. The summed E-state index contributed by atoms with van der Waals surface area (Å²) in [6.45, 7) is 0. The van der Waals surface area contributed by atoms with E-state index in [0.717, 1.165) is 95.1 Å². The minimum atomic E-state index is 0.714. The third-order valence-corrected chi connectivity index (χ3v) is 9.62. The Bertz CT molecular complexity index is 2650. The van der Waals surface area contributed by atoms with Crippen molar-refractivity contribution in [2.75, 3.05) is 14.2 Å². The van der Waals surface area contributed by atoms with Crippen LogP contribution in [0.3, 0.4) is 0 Å². The van der Waals surface area contributed by atoms with Crippen molar-refractivity contribution in [1.82, 2.24) is 19.9 Å². The molecule has 0 fully saturated rings. The normalized spacial score (nSPS) is 11.9. The van der Waals surface area contributed by atoms with Gasteiger partial charge in [-0.3, -0.25) is 0 Å². The number of benzene rings is 4. The van der Waals surface area contributed by atoms with Crippen molar-refractivity contribution in [2.24, 2.45) is 0 Å². The fraction of sp³-hybridized carbons (Fsp3) is 0.0435. The number of ether oxygens (including phenoxy) is 2. The molecule has 0 radical (unpaired) electrons. The highest BCUT2D eigenvalue weighted by Gasteiger charge is 2.20. The first-order valence-electron chi connectivity index (χ1n) is 17.2. The fourth-order valence-electron chi connectivity index (χ4n) is 7.22. The molecule has 0 amide bonds. The van der Waals surface area contributed by atoms with Crippen LogP contribution in [0.2, 0.25) is 0 Å². The second kappa shape index (κ2) is 13.1. The average molecular weight is 675 g/mol. The number of aromatic amines is 2. The monoisotopic (exact) mass is 674 g/mol. The Kier molecular flexibility index (Phi) is 7.82. The van der Waals surface area contributed by atoms with E-state index in [9.17, 15) is 0 Å². The van der Waals surface area contributed by atoms with Crippen LogP contribution >= 0.6 is 0 Å². The first kappa shape index (κ1) is 31.1. The zero-order chi connectivity index (χ0) is 35.0. The molecule has 2 N–H and O–H groups in total. The predicted octanol–water partition coefficient (Wildman–Crippen LogP) is 11.3. The van der Waals surface area contributed by atoms with Gasteiger partial charge < -0.3 is 19.4 Å². The predicted molar refractivity (Wildman–Crippen MR) is 214 cm³/mol. The molecule has 4 aromatic carbocycles. The van der Waals surface area contributed by atoms with Crippen LogP contribution in [0.25, 0.3) is 90.9 Å². The maximum atomic E-state index is 5.95. The van der Waals surface area contributed by atoms with Crippen molar-refractivity contribution in [1.29, 1.82) is 0 Å². The molecule has 0 saturated heterocycles. The molecule has 2 aliphatic heterocycles. The molecule has 0 unspecified atom stereocenters. The Morgan fingerprint density at radius 2 is 0.788 bits per heavy atom. The van der Waals surface area contributed by atoms with Gasteiger partial charge in [0.2, 0.25) is 0 Å². The van der Waals surface area contributed by atoms with Crippen LogP contribution in [0.15, 0.2) is 133 Å². The topological polar surface area (TPSA) is 75.8 Å². The van der Waals surface area contributed by atoms with Crippen LogP contribution in [-0.2, 0) is 0 Å². The van der Waals surface area contributed by atoms with Crippen molar-refractivity contribution < 1.29 is 9.47 Å². The molecule has 2 aliphatic rings. The highest BCUT2D eigenvalue weighted by Crippen LogP contribution is 2.41. The van der Waals surface area contributed by atoms with E-state index < -0.39 is 0 Å². The van der Waals surface area contributed by atoms with Crippen LogP contribution < -0.4 is 9.47 Å². The third-order valence-electron chi connectivity index (χ3n) is 9.62. The Balaban J connectivity index is 1.49. The molecular formula is C46H34N4O2. The van der Waals surface area contributed by atoms with Gasteiger partial charge in [-0.25, -0.2) is 9.97 Å². The van der Waals surface area contributed by atoms with Crippen LogP contribution in [0.4, 0.5) is 0 Å². The Hall–Kier alpha value is -6.92. The summed E-state index contributed by atoms with van der Waals surface area (Å²) >= 11 is 0. The first-order valence-corrected chi connectivity index (χ1v) is 17.2. The molecule has 0 spiro atoms. The summed E-state index contributed by atoms with van der Waals surface area (Å²) in [6, 6.07) is 45.7. The zero-order valence-electron chi connectivity index (χ0n) is 28.7. The summed E-state index contributed by atoms with van der Waals surface area (Å²) in [7, 11) is 3.37. The van der Waals surface area contributed by atoms with E-state index in [1.54, 1.807) is 14.2 Å². The molecular weight excluding hydrogens is 641 g/mol. The van der Waals surface area contributed by atoms with Crippen LogP contribution in [0, 0.1) is 0 Å². The lowest BCUT2D eigenvalue weighted by molar-refractivity contribution is 0.404.